The van der Waals surface area contributed by atoms with Crippen molar-refractivity contribution in [3.05, 3.63) is 18.5 Å². The van der Waals surface area contributed by atoms with Gasteiger partial charge in [-0.15, -0.1) is 0 Å². The van der Waals surface area contributed by atoms with E-state index in [9.17, 15) is 4.79 Å². The van der Waals surface area contributed by atoms with E-state index in [-0.39, 0.29) is 5.91 Å². The number of nitrogens with zero attached hydrogens (tertiary/aromatic N) is 2. The molecule has 0 radical (unpaired) electrons. The van der Waals surface area contributed by atoms with Crippen LogP contribution in [0.2, 0.25) is 0 Å². The Bertz CT molecular complexity index is 321. The Morgan fingerprint density at radius 3 is 3.00 bits per heavy atom. The lowest BCUT2D eigenvalue weighted by Gasteiger charge is -2.08. The molecule has 1 amide bonds. The van der Waals surface area contributed by atoms with Gasteiger partial charge in [-0.2, -0.15) is 0 Å². The zero-order chi connectivity index (χ0) is 10.5. The number of aromatic nitrogens is 2. The smallest absolute Gasteiger partial charge is 0.229 e. The Hall–Kier alpha value is -1.49. The van der Waals surface area contributed by atoms with Gasteiger partial charge in [0.25, 0.3) is 0 Å². The van der Waals surface area contributed by atoms with E-state index in [2.05, 4.69) is 20.6 Å². The van der Waals surface area contributed by atoms with Crippen molar-refractivity contribution >= 4 is 11.9 Å². The number of nitrogens with one attached hydrogen (secondary N) is 2. The first-order chi connectivity index (χ1) is 7.34. The lowest BCUT2D eigenvalue weighted by molar-refractivity contribution is -0.116. The monoisotopic (exact) mass is 206 g/mol. The summed E-state index contributed by atoms with van der Waals surface area (Å²) in [6.45, 7) is 1.01. The second kappa shape index (κ2) is 4.84. The van der Waals surface area contributed by atoms with Gasteiger partial charge in [0.05, 0.1) is 0 Å². The number of rotatable bonds is 3. The molecule has 15 heavy (non-hydrogen) atoms. The molecule has 2 rings (SSSR count). The fourth-order valence-corrected chi connectivity index (χ4v) is 1.69. The van der Waals surface area contributed by atoms with Crippen LogP contribution in [0.25, 0.3) is 0 Å². The first-order valence-electron chi connectivity index (χ1n) is 5.15. The molecule has 1 aliphatic rings. The lowest BCUT2D eigenvalue weighted by Crippen LogP contribution is -2.27. The Balaban J connectivity index is 1.82. The minimum atomic E-state index is -0.0272. The molecule has 1 unspecified atom stereocenters. The van der Waals surface area contributed by atoms with Crippen molar-refractivity contribution in [2.75, 3.05) is 11.9 Å². The predicted octanol–water partition coefficient (Wildman–Crippen LogP) is 0.557. The Morgan fingerprint density at radius 1 is 1.53 bits per heavy atom. The molecule has 0 aromatic carbocycles. The molecule has 0 saturated carbocycles. The highest BCUT2D eigenvalue weighted by Crippen LogP contribution is 2.09. The van der Waals surface area contributed by atoms with Gasteiger partial charge in [-0.05, 0) is 25.5 Å². The summed E-state index contributed by atoms with van der Waals surface area (Å²) in [4.78, 5) is 19.4. The summed E-state index contributed by atoms with van der Waals surface area (Å²) in [5, 5.41) is 5.94. The number of carbonyl (C=O) groups is 1. The maximum atomic E-state index is 11.5. The summed E-state index contributed by atoms with van der Waals surface area (Å²) in [6.07, 6.45) is 5.94. The van der Waals surface area contributed by atoms with Gasteiger partial charge in [-0.1, -0.05) is 0 Å². The molecule has 1 saturated heterocycles. The molecule has 2 N–H and O–H groups in total. The number of hydrogen-bond acceptors (Lipinski definition) is 4. The molecule has 1 fully saturated rings. The standard InChI is InChI=1S/C10H14N4O/c15-9(7-8-3-1-4-11-8)14-10-12-5-2-6-13-10/h2,5-6,8,11H,1,3-4,7H2,(H,12,13,14,15). The summed E-state index contributed by atoms with van der Waals surface area (Å²) in [7, 11) is 0. The maximum absolute atomic E-state index is 11.5. The number of anilines is 1. The zero-order valence-corrected chi connectivity index (χ0v) is 8.44. The van der Waals surface area contributed by atoms with Crippen LogP contribution in [-0.4, -0.2) is 28.5 Å². The summed E-state index contributed by atoms with van der Waals surface area (Å²) < 4.78 is 0. The topological polar surface area (TPSA) is 66.9 Å². The van der Waals surface area contributed by atoms with Crippen molar-refractivity contribution in [3.63, 3.8) is 0 Å². The third-order valence-electron chi connectivity index (χ3n) is 2.41. The molecule has 1 aliphatic heterocycles. The summed E-state index contributed by atoms with van der Waals surface area (Å²) >= 11 is 0. The second-order valence-electron chi connectivity index (χ2n) is 3.62. The van der Waals surface area contributed by atoms with E-state index in [1.54, 1.807) is 18.5 Å². The van der Waals surface area contributed by atoms with Crippen LogP contribution < -0.4 is 10.6 Å². The molecule has 0 spiro atoms. The molecule has 1 aromatic rings. The summed E-state index contributed by atoms with van der Waals surface area (Å²) in [5.41, 5.74) is 0. The highest BCUT2D eigenvalue weighted by Gasteiger charge is 2.17. The van der Waals surface area contributed by atoms with Gasteiger partial charge in [-0.25, -0.2) is 9.97 Å². The average molecular weight is 206 g/mol. The predicted molar refractivity (Wildman–Crippen MR) is 56.3 cm³/mol. The molecule has 0 aliphatic carbocycles. The van der Waals surface area contributed by atoms with Crippen LogP contribution in [-0.2, 0) is 4.79 Å². The number of hydrogen-bond donors (Lipinski definition) is 2. The zero-order valence-electron chi connectivity index (χ0n) is 8.44. The molecule has 80 valence electrons. The van der Waals surface area contributed by atoms with E-state index in [0.717, 1.165) is 19.4 Å². The highest BCUT2D eigenvalue weighted by molar-refractivity contribution is 5.89. The Kier molecular flexibility index (Phi) is 3.24. The minimum absolute atomic E-state index is 0.0272. The lowest BCUT2D eigenvalue weighted by atomic mass is 10.1. The van der Waals surface area contributed by atoms with Crippen molar-refractivity contribution in [1.82, 2.24) is 15.3 Å². The van der Waals surface area contributed by atoms with Gasteiger partial charge in [-0.3, -0.25) is 10.1 Å². The van der Waals surface area contributed by atoms with Crippen molar-refractivity contribution in [2.45, 2.75) is 25.3 Å². The minimum Gasteiger partial charge on any atom is -0.313 e. The number of amides is 1. The van der Waals surface area contributed by atoms with Gasteiger partial charge >= 0.3 is 0 Å². The van der Waals surface area contributed by atoms with Crippen LogP contribution in [0.4, 0.5) is 5.95 Å². The largest absolute Gasteiger partial charge is 0.313 e. The van der Waals surface area contributed by atoms with E-state index in [4.69, 9.17) is 0 Å². The van der Waals surface area contributed by atoms with Gasteiger partial charge in [0, 0.05) is 24.9 Å². The Labute approximate surface area is 88.3 Å². The maximum Gasteiger partial charge on any atom is 0.229 e. The molecule has 0 bridgehead atoms. The van der Waals surface area contributed by atoms with Gasteiger partial charge in [0.1, 0.15) is 0 Å². The quantitative estimate of drug-likeness (QED) is 0.758. The SMILES string of the molecule is O=C(CC1CCCN1)Nc1ncccn1. The van der Waals surface area contributed by atoms with Crippen LogP contribution in [0.1, 0.15) is 19.3 Å². The highest BCUT2D eigenvalue weighted by atomic mass is 16.1. The van der Waals surface area contributed by atoms with E-state index in [1.807, 2.05) is 0 Å². The third kappa shape index (κ3) is 2.99. The average Bonchev–Trinajstić information content (AvgIpc) is 2.71. The summed E-state index contributed by atoms with van der Waals surface area (Å²) in [5.74, 6) is 0.348. The van der Waals surface area contributed by atoms with E-state index >= 15 is 0 Å². The van der Waals surface area contributed by atoms with Gasteiger partial charge in [0.2, 0.25) is 11.9 Å². The van der Waals surface area contributed by atoms with Crippen molar-refractivity contribution in [2.24, 2.45) is 0 Å². The first kappa shape index (κ1) is 10.0. The molecular formula is C10H14N4O. The van der Waals surface area contributed by atoms with E-state index in [1.165, 1.54) is 0 Å². The molecule has 5 nitrogen and oxygen atoms in total. The first-order valence-corrected chi connectivity index (χ1v) is 5.15. The normalized spacial score (nSPS) is 20.1. The molecule has 2 heterocycles. The van der Waals surface area contributed by atoms with Crippen molar-refractivity contribution in [3.8, 4) is 0 Å². The molecule has 1 aromatic heterocycles. The van der Waals surface area contributed by atoms with Crippen LogP contribution in [0.5, 0.6) is 0 Å². The van der Waals surface area contributed by atoms with Gasteiger partial charge in [0.15, 0.2) is 0 Å². The van der Waals surface area contributed by atoms with Crippen LogP contribution in [0.3, 0.4) is 0 Å². The fraction of sp³-hybridized carbons (Fsp3) is 0.500. The van der Waals surface area contributed by atoms with Crippen molar-refractivity contribution < 1.29 is 4.79 Å². The van der Waals surface area contributed by atoms with E-state index in [0.29, 0.717) is 18.4 Å². The van der Waals surface area contributed by atoms with Crippen LogP contribution in [0.15, 0.2) is 18.5 Å². The van der Waals surface area contributed by atoms with Gasteiger partial charge < -0.3 is 5.32 Å². The fourth-order valence-electron chi connectivity index (χ4n) is 1.69. The second-order valence-corrected chi connectivity index (χ2v) is 3.62. The molecule has 1 atom stereocenters. The van der Waals surface area contributed by atoms with Crippen LogP contribution >= 0.6 is 0 Å². The molecule has 5 heteroatoms. The summed E-state index contributed by atoms with van der Waals surface area (Å²) in [6, 6.07) is 2.03. The van der Waals surface area contributed by atoms with Crippen molar-refractivity contribution in [1.29, 1.82) is 0 Å². The van der Waals surface area contributed by atoms with Crippen LogP contribution in [0, 0.1) is 0 Å². The molecular weight excluding hydrogens is 192 g/mol. The third-order valence-corrected chi connectivity index (χ3v) is 2.41. The van der Waals surface area contributed by atoms with E-state index < -0.39 is 0 Å². The number of carbonyl (C=O) groups excluding carboxylic acids is 1. The Morgan fingerprint density at radius 2 is 2.33 bits per heavy atom.